The van der Waals surface area contributed by atoms with Crippen LogP contribution in [-0.2, 0) is 0 Å². The molecule has 2 rings (SSSR count). The predicted octanol–water partition coefficient (Wildman–Crippen LogP) is 0.293. The van der Waals surface area contributed by atoms with Crippen molar-refractivity contribution in [3.05, 3.63) is 24.3 Å². The number of fused-ring (bicyclic) bond motifs is 1. The molecule has 0 aromatic heterocycles. The highest BCUT2D eigenvalue weighted by Crippen LogP contribution is 2.19. The van der Waals surface area contributed by atoms with Gasteiger partial charge < -0.3 is 26.6 Å². The summed E-state index contributed by atoms with van der Waals surface area (Å²) in [5.74, 6) is 0. The van der Waals surface area contributed by atoms with E-state index in [2.05, 4.69) is 50.8 Å². The van der Waals surface area contributed by atoms with Crippen molar-refractivity contribution in [2.75, 3.05) is 63.0 Å². The minimum atomic E-state index is 0.941. The Labute approximate surface area is 115 Å². The highest BCUT2D eigenvalue weighted by atomic mass is 15.0. The molecule has 1 aromatic rings. The SMILES string of the molecule is c1ccc2c(c1)NCCNCCNCCNCCN2. The molecule has 0 bridgehead atoms. The monoisotopic (exact) mass is 263 g/mol. The Morgan fingerprint density at radius 3 is 1.32 bits per heavy atom. The quantitative estimate of drug-likeness (QED) is 0.466. The van der Waals surface area contributed by atoms with E-state index in [1.807, 2.05) is 0 Å². The molecule has 1 heterocycles. The Bertz CT molecular complexity index is 322. The van der Waals surface area contributed by atoms with E-state index >= 15 is 0 Å². The third-order valence-corrected chi connectivity index (χ3v) is 3.12. The van der Waals surface area contributed by atoms with Gasteiger partial charge in [0.15, 0.2) is 0 Å². The van der Waals surface area contributed by atoms with E-state index in [0.717, 1.165) is 52.4 Å². The molecule has 0 amide bonds. The van der Waals surface area contributed by atoms with E-state index in [4.69, 9.17) is 0 Å². The summed E-state index contributed by atoms with van der Waals surface area (Å²) in [7, 11) is 0. The first-order valence-electron chi connectivity index (χ1n) is 7.16. The number of hydrogen-bond donors (Lipinski definition) is 5. The number of anilines is 2. The summed E-state index contributed by atoms with van der Waals surface area (Å²) in [5.41, 5.74) is 2.36. The molecule has 5 N–H and O–H groups in total. The molecule has 5 heteroatoms. The van der Waals surface area contributed by atoms with Crippen LogP contribution in [0.15, 0.2) is 24.3 Å². The summed E-state index contributed by atoms with van der Waals surface area (Å²) in [6, 6.07) is 8.37. The molecule has 0 atom stereocenters. The summed E-state index contributed by atoms with van der Waals surface area (Å²) < 4.78 is 0. The van der Waals surface area contributed by atoms with Crippen molar-refractivity contribution in [3.8, 4) is 0 Å². The fourth-order valence-corrected chi connectivity index (χ4v) is 2.09. The van der Waals surface area contributed by atoms with Crippen LogP contribution in [0.1, 0.15) is 0 Å². The maximum atomic E-state index is 3.47. The van der Waals surface area contributed by atoms with Gasteiger partial charge in [0.2, 0.25) is 0 Å². The van der Waals surface area contributed by atoms with Gasteiger partial charge in [-0.3, -0.25) is 0 Å². The molecule has 0 saturated heterocycles. The first-order valence-corrected chi connectivity index (χ1v) is 7.16. The van der Waals surface area contributed by atoms with Crippen molar-refractivity contribution in [2.24, 2.45) is 0 Å². The van der Waals surface area contributed by atoms with Gasteiger partial charge in [0, 0.05) is 52.4 Å². The summed E-state index contributed by atoms with van der Waals surface area (Å²) in [6.45, 7) is 7.92. The lowest BCUT2D eigenvalue weighted by atomic mass is 10.2. The summed E-state index contributed by atoms with van der Waals surface area (Å²) >= 11 is 0. The lowest BCUT2D eigenvalue weighted by molar-refractivity contribution is 0.590. The van der Waals surface area contributed by atoms with E-state index in [9.17, 15) is 0 Å². The summed E-state index contributed by atoms with van der Waals surface area (Å²) in [5, 5.41) is 17.2. The molecule has 0 saturated carbocycles. The van der Waals surface area contributed by atoms with Crippen LogP contribution in [0, 0.1) is 0 Å². The van der Waals surface area contributed by atoms with Crippen LogP contribution < -0.4 is 26.6 Å². The van der Waals surface area contributed by atoms with Gasteiger partial charge in [-0.25, -0.2) is 0 Å². The van der Waals surface area contributed by atoms with Crippen molar-refractivity contribution in [1.29, 1.82) is 0 Å². The molecule has 1 aliphatic heterocycles. The van der Waals surface area contributed by atoms with Gasteiger partial charge in [0.1, 0.15) is 0 Å². The molecule has 0 spiro atoms. The number of nitrogens with one attached hydrogen (secondary N) is 5. The Morgan fingerprint density at radius 2 is 0.895 bits per heavy atom. The van der Waals surface area contributed by atoms with Crippen LogP contribution >= 0.6 is 0 Å². The number of hydrogen-bond acceptors (Lipinski definition) is 5. The maximum Gasteiger partial charge on any atom is 0.0576 e. The number of rotatable bonds is 0. The first kappa shape index (κ1) is 14.1. The van der Waals surface area contributed by atoms with Gasteiger partial charge in [-0.2, -0.15) is 0 Å². The molecule has 5 nitrogen and oxygen atoms in total. The van der Waals surface area contributed by atoms with Gasteiger partial charge in [-0.1, -0.05) is 12.1 Å². The summed E-state index contributed by atoms with van der Waals surface area (Å²) in [4.78, 5) is 0. The van der Waals surface area contributed by atoms with Crippen LogP contribution in [0.3, 0.4) is 0 Å². The average molecular weight is 263 g/mol. The second-order valence-corrected chi connectivity index (χ2v) is 4.65. The van der Waals surface area contributed by atoms with E-state index in [-0.39, 0.29) is 0 Å². The maximum absolute atomic E-state index is 3.47. The van der Waals surface area contributed by atoms with E-state index in [1.165, 1.54) is 11.4 Å². The third kappa shape index (κ3) is 5.46. The second kappa shape index (κ2) is 8.74. The molecule has 0 aliphatic carbocycles. The van der Waals surface area contributed by atoms with Gasteiger partial charge in [-0.05, 0) is 12.1 Å². The zero-order chi connectivity index (χ0) is 13.2. The van der Waals surface area contributed by atoms with Gasteiger partial charge in [0.05, 0.1) is 11.4 Å². The summed E-state index contributed by atoms with van der Waals surface area (Å²) in [6.07, 6.45) is 0. The van der Waals surface area contributed by atoms with Gasteiger partial charge in [0.25, 0.3) is 0 Å². The normalized spacial score (nSPS) is 19.2. The van der Waals surface area contributed by atoms with E-state index in [0.29, 0.717) is 0 Å². The molecular weight excluding hydrogens is 238 g/mol. The fraction of sp³-hybridized carbons (Fsp3) is 0.571. The van der Waals surface area contributed by atoms with Crippen molar-refractivity contribution in [1.82, 2.24) is 16.0 Å². The fourth-order valence-electron chi connectivity index (χ4n) is 2.09. The highest BCUT2D eigenvalue weighted by molar-refractivity contribution is 5.68. The van der Waals surface area contributed by atoms with Crippen LogP contribution in [0.5, 0.6) is 0 Å². The third-order valence-electron chi connectivity index (χ3n) is 3.12. The molecule has 0 fully saturated rings. The van der Waals surface area contributed by atoms with Gasteiger partial charge in [-0.15, -0.1) is 0 Å². The van der Waals surface area contributed by atoms with Crippen LogP contribution in [0.25, 0.3) is 0 Å². The Hall–Kier alpha value is -1.30. The van der Waals surface area contributed by atoms with Gasteiger partial charge >= 0.3 is 0 Å². The van der Waals surface area contributed by atoms with Crippen molar-refractivity contribution in [2.45, 2.75) is 0 Å². The number of benzene rings is 1. The molecule has 0 unspecified atom stereocenters. The van der Waals surface area contributed by atoms with Crippen molar-refractivity contribution in [3.63, 3.8) is 0 Å². The van der Waals surface area contributed by atoms with E-state index < -0.39 is 0 Å². The van der Waals surface area contributed by atoms with Crippen LogP contribution in [0.4, 0.5) is 11.4 Å². The molecular formula is C14H25N5. The zero-order valence-electron chi connectivity index (χ0n) is 11.5. The molecule has 1 aromatic carbocycles. The standard InChI is InChI=1S/C14H25N5/c1-2-4-14-13(3-1)18-11-9-16-7-5-15-6-8-17-10-12-19-14/h1-4,15-19H,5-12H2. The predicted molar refractivity (Wildman–Crippen MR) is 82.0 cm³/mol. The highest BCUT2D eigenvalue weighted by Gasteiger charge is 2.00. The zero-order valence-corrected chi connectivity index (χ0v) is 11.5. The lowest BCUT2D eigenvalue weighted by Crippen LogP contribution is -2.34. The van der Waals surface area contributed by atoms with Crippen molar-refractivity contribution < 1.29 is 0 Å². The smallest absolute Gasteiger partial charge is 0.0576 e. The lowest BCUT2D eigenvalue weighted by Gasteiger charge is -2.14. The minimum Gasteiger partial charge on any atom is -0.382 e. The second-order valence-electron chi connectivity index (χ2n) is 4.65. The van der Waals surface area contributed by atoms with Crippen LogP contribution in [-0.4, -0.2) is 52.4 Å². The molecule has 106 valence electrons. The molecule has 1 aliphatic rings. The number of para-hydroxylation sites is 2. The molecule has 0 radical (unpaired) electrons. The van der Waals surface area contributed by atoms with Crippen molar-refractivity contribution >= 4 is 11.4 Å². The van der Waals surface area contributed by atoms with Crippen LogP contribution in [0.2, 0.25) is 0 Å². The first-order chi connectivity index (χ1) is 9.47. The topological polar surface area (TPSA) is 60.1 Å². The Kier molecular flexibility index (Phi) is 6.49. The molecule has 19 heavy (non-hydrogen) atoms. The average Bonchev–Trinajstić information content (AvgIpc) is 2.45. The minimum absolute atomic E-state index is 0.941. The Balaban J connectivity index is 1.87. The Morgan fingerprint density at radius 1 is 0.526 bits per heavy atom. The van der Waals surface area contributed by atoms with E-state index in [1.54, 1.807) is 0 Å². The largest absolute Gasteiger partial charge is 0.382 e.